The van der Waals surface area contributed by atoms with Crippen LogP contribution < -0.4 is 10.1 Å². The molecule has 3 nitrogen and oxygen atoms in total. The summed E-state index contributed by atoms with van der Waals surface area (Å²) in [5.41, 5.74) is -0.324. The lowest BCUT2D eigenvalue weighted by Crippen LogP contribution is -2.22. The summed E-state index contributed by atoms with van der Waals surface area (Å²) in [6, 6.07) is 10.8. The molecule has 1 N–H and O–H groups in total. The molecule has 0 spiro atoms. The van der Waals surface area contributed by atoms with E-state index in [4.69, 9.17) is 4.74 Å². The zero-order chi connectivity index (χ0) is 17.0. The Balaban J connectivity index is 2.08. The first-order valence-electron chi connectivity index (χ1n) is 6.62. The molecule has 2 aromatic rings. The second kappa shape index (κ2) is 7.20. The van der Waals surface area contributed by atoms with Gasteiger partial charge in [-0.15, -0.1) is 0 Å². The summed E-state index contributed by atoms with van der Waals surface area (Å²) in [6.45, 7) is 1.45. The predicted octanol–water partition coefficient (Wildman–Crippen LogP) is 4.64. The molecule has 0 saturated carbocycles. The summed E-state index contributed by atoms with van der Waals surface area (Å²) in [6.07, 6.45) is -4.54. The Morgan fingerprint density at radius 2 is 1.91 bits per heavy atom. The minimum Gasteiger partial charge on any atom is -0.483 e. The van der Waals surface area contributed by atoms with Crippen LogP contribution in [0.25, 0.3) is 0 Å². The largest absolute Gasteiger partial charge is 0.483 e. The molecule has 0 bridgehead atoms. The van der Waals surface area contributed by atoms with Gasteiger partial charge in [-0.25, -0.2) is 0 Å². The van der Waals surface area contributed by atoms with Crippen molar-refractivity contribution in [1.29, 1.82) is 0 Å². The van der Waals surface area contributed by atoms with Crippen LogP contribution in [0.4, 0.5) is 18.9 Å². The van der Waals surface area contributed by atoms with Crippen molar-refractivity contribution >= 4 is 34.2 Å². The van der Waals surface area contributed by atoms with Crippen molar-refractivity contribution in [3.05, 3.63) is 57.2 Å². The second-order valence-electron chi connectivity index (χ2n) is 4.79. The number of benzene rings is 2. The van der Waals surface area contributed by atoms with E-state index in [2.05, 4.69) is 5.32 Å². The van der Waals surface area contributed by atoms with E-state index in [0.29, 0.717) is 9.32 Å². The molecule has 0 aliphatic heterocycles. The molecule has 122 valence electrons. The smallest absolute Gasteiger partial charge is 0.418 e. The first kappa shape index (κ1) is 17.6. The molecular weight excluding hydrogens is 422 g/mol. The third-order valence-electron chi connectivity index (χ3n) is 3.01. The SMILES string of the molecule is Cc1ccccc1OCC(=O)Nc1ccc(I)cc1C(F)(F)F. The Morgan fingerprint density at radius 3 is 2.57 bits per heavy atom. The fourth-order valence-electron chi connectivity index (χ4n) is 1.91. The summed E-state index contributed by atoms with van der Waals surface area (Å²) in [5.74, 6) is -0.138. The zero-order valence-electron chi connectivity index (χ0n) is 12.1. The molecule has 0 heterocycles. The quantitative estimate of drug-likeness (QED) is 0.712. The number of ether oxygens (including phenoxy) is 1. The molecule has 0 aromatic heterocycles. The lowest BCUT2D eigenvalue weighted by atomic mass is 10.1. The van der Waals surface area contributed by atoms with Gasteiger partial charge in [0.15, 0.2) is 6.61 Å². The Morgan fingerprint density at radius 1 is 1.22 bits per heavy atom. The molecule has 2 rings (SSSR count). The topological polar surface area (TPSA) is 38.3 Å². The third kappa shape index (κ3) is 4.85. The van der Waals surface area contributed by atoms with Gasteiger partial charge in [-0.3, -0.25) is 4.79 Å². The van der Waals surface area contributed by atoms with Gasteiger partial charge in [0.1, 0.15) is 5.75 Å². The molecule has 0 unspecified atom stereocenters. The molecule has 0 fully saturated rings. The van der Waals surface area contributed by atoms with Crippen molar-refractivity contribution in [2.45, 2.75) is 13.1 Å². The van der Waals surface area contributed by atoms with Crippen LogP contribution in [0.5, 0.6) is 5.75 Å². The van der Waals surface area contributed by atoms with E-state index in [1.807, 2.05) is 19.1 Å². The predicted molar refractivity (Wildman–Crippen MR) is 89.5 cm³/mol. The average Bonchev–Trinajstić information content (AvgIpc) is 2.47. The van der Waals surface area contributed by atoms with E-state index in [1.165, 1.54) is 12.1 Å². The lowest BCUT2D eigenvalue weighted by molar-refractivity contribution is -0.137. The van der Waals surface area contributed by atoms with E-state index in [1.54, 1.807) is 34.7 Å². The summed E-state index contributed by atoms with van der Waals surface area (Å²) >= 11 is 1.79. The summed E-state index contributed by atoms with van der Waals surface area (Å²) in [7, 11) is 0. The van der Waals surface area contributed by atoms with Crippen LogP contribution in [0.1, 0.15) is 11.1 Å². The van der Waals surface area contributed by atoms with Crippen LogP contribution in [0.15, 0.2) is 42.5 Å². The Kier molecular flexibility index (Phi) is 5.51. The number of carbonyl (C=O) groups is 1. The molecule has 0 radical (unpaired) electrons. The van der Waals surface area contributed by atoms with E-state index < -0.39 is 17.6 Å². The van der Waals surface area contributed by atoms with Gasteiger partial charge >= 0.3 is 6.18 Å². The molecule has 0 aliphatic carbocycles. The van der Waals surface area contributed by atoms with Gasteiger partial charge in [0.2, 0.25) is 0 Å². The Labute approximate surface area is 145 Å². The minimum absolute atomic E-state index is 0.281. The van der Waals surface area contributed by atoms with Crippen molar-refractivity contribution < 1.29 is 22.7 Å². The van der Waals surface area contributed by atoms with Crippen LogP contribution in [-0.2, 0) is 11.0 Å². The Hall–Kier alpha value is -1.77. The molecule has 0 saturated heterocycles. The number of rotatable bonds is 4. The maximum Gasteiger partial charge on any atom is 0.418 e. The van der Waals surface area contributed by atoms with Gasteiger partial charge < -0.3 is 10.1 Å². The number of hydrogen-bond acceptors (Lipinski definition) is 2. The van der Waals surface area contributed by atoms with Crippen molar-refractivity contribution in [1.82, 2.24) is 0 Å². The van der Waals surface area contributed by atoms with Gasteiger partial charge in [-0.1, -0.05) is 18.2 Å². The third-order valence-corrected chi connectivity index (χ3v) is 3.68. The summed E-state index contributed by atoms with van der Waals surface area (Å²) < 4.78 is 44.7. The van der Waals surface area contributed by atoms with Gasteiger partial charge in [0.05, 0.1) is 11.3 Å². The number of para-hydroxylation sites is 1. The number of carbonyl (C=O) groups excluding carboxylic acids is 1. The van der Waals surface area contributed by atoms with E-state index in [-0.39, 0.29) is 12.3 Å². The number of hydrogen-bond donors (Lipinski definition) is 1. The van der Waals surface area contributed by atoms with Crippen molar-refractivity contribution in [2.24, 2.45) is 0 Å². The number of nitrogens with one attached hydrogen (secondary N) is 1. The van der Waals surface area contributed by atoms with Crippen LogP contribution in [-0.4, -0.2) is 12.5 Å². The average molecular weight is 435 g/mol. The highest BCUT2D eigenvalue weighted by Gasteiger charge is 2.34. The van der Waals surface area contributed by atoms with Crippen LogP contribution in [0.3, 0.4) is 0 Å². The van der Waals surface area contributed by atoms with Crippen LogP contribution in [0, 0.1) is 10.5 Å². The van der Waals surface area contributed by atoms with Crippen molar-refractivity contribution in [2.75, 3.05) is 11.9 Å². The summed E-state index contributed by atoms with van der Waals surface area (Å²) in [4.78, 5) is 11.9. The van der Waals surface area contributed by atoms with E-state index in [9.17, 15) is 18.0 Å². The van der Waals surface area contributed by atoms with E-state index >= 15 is 0 Å². The first-order chi connectivity index (χ1) is 10.8. The first-order valence-corrected chi connectivity index (χ1v) is 7.70. The molecule has 0 aliphatic rings. The van der Waals surface area contributed by atoms with Gasteiger partial charge in [-0.05, 0) is 59.3 Å². The molecule has 0 atom stereocenters. The minimum atomic E-state index is -4.54. The lowest BCUT2D eigenvalue weighted by Gasteiger charge is -2.15. The zero-order valence-corrected chi connectivity index (χ0v) is 14.2. The highest BCUT2D eigenvalue weighted by molar-refractivity contribution is 14.1. The maximum atomic E-state index is 13.0. The molecule has 1 amide bonds. The Bertz CT molecular complexity index is 717. The maximum absolute atomic E-state index is 13.0. The fourth-order valence-corrected chi connectivity index (χ4v) is 2.40. The molecule has 2 aromatic carbocycles. The fraction of sp³-hybridized carbons (Fsp3) is 0.188. The number of anilines is 1. The van der Waals surface area contributed by atoms with Crippen LogP contribution >= 0.6 is 22.6 Å². The standard InChI is InChI=1S/C16H13F3INO2/c1-10-4-2-3-5-14(10)23-9-15(22)21-13-7-6-11(20)8-12(13)16(17,18)19/h2-8H,9H2,1H3,(H,21,22). The van der Waals surface area contributed by atoms with Gasteiger partial charge in [0.25, 0.3) is 5.91 Å². The number of aryl methyl sites for hydroxylation is 1. The van der Waals surface area contributed by atoms with E-state index in [0.717, 1.165) is 11.6 Å². The van der Waals surface area contributed by atoms with Crippen LogP contribution in [0.2, 0.25) is 0 Å². The van der Waals surface area contributed by atoms with Crippen molar-refractivity contribution in [3.63, 3.8) is 0 Å². The molecule has 23 heavy (non-hydrogen) atoms. The monoisotopic (exact) mass is 435 g/mol. The highest BCUT2D eigenvalue weighted by atomic mass is 127. The number of alkyl halides is 3. The van der Waals surface area contributed by atoms with Gasteiger partial charge in [0, 0.05) is 3.57 Å². The second-order valence-corrected chi connectivity index (χ2v) is 6.04. The summed E-state index contributed by atoms with van der Waals surface area (Å²) in [5, 5.41) is 2.25. The van der Waals surface area contributed by atoms with Gasteiger partial charge in [-0.2, -0.15) is 13.2 Å². The highest BCUT2D eigenvalue weighted by Crippen LogP contribution is 2.35. The number of halogens is 4. The van der Waals surface area contributed by atoms with Crippen molar-refractivity contribution in [3.8, 4) is 5.75 Å². The normalized spacial score (nSPS) is 11.2. The molecule has 7 heteroatoms. The molecular formula is C16H13F3INO2. The number of amides is 1.